The molecule has 10 heteroatoms. The van der Waals surface area contributed by atoms with Gasteiger partial charge in [-0.05, 0) is 30.7 Å². The first-order valence-corrected chi connectivity index (χ1v) is 9.25. The van der Waals surface area contributed by atoms with Crippen LogP contribution in [0.5, 0.6) is 0 Å². The highest BCUT2D eigenvalue weighted by Crippen LogP contribution is 2.37. The van der Waals surface area contributed by atoms with Crippen molar-refractivity contribution in [3.63, 3.8) is 0 Å². The molecule has 1 aromatic carbocycles. The van der Waals surface area contributed by atoms with Crippen LogP contribution in [0.1, 0.15) is 23.6 Å². The molecule has 4 nitrogen and oxygen atoms in total. The molecule has 1 heterocycles. The number of benzene rings is 1. The van der Waals surface area contributed by atoms with E-state index in [0.717, 1.165) is 4.57 Å². The number of hydrogen-bond donors (Lipinski definition) is 1. The zero-order chi connectivity index (χ0) is 24.1. The van der Waals surface area contributed by atoms with E-state index in [1.165, 1.54) is 18.5 Å². The van der Waals surface area contributed by atoms with Gasteiger partial charge in [-0.1, -0.05) is 31.4 Å². The van der Waals surface area contributed by atoms with E-state index in [1.807, 2.05) is 0 Å². The predicted molar refractivity (Wildman–Crippen MR) is 109 cm³/mol. The van der Waals surface area contributed by atoms with E-state index >= 15 is 0 Å². The van der Waals surface area contributed by atoms with Gasteiger partial charge in [-0.15, -0.1) is 0 Å². The van der Waals surface area contributed by atoms with Crippen LogP contribution in [0.15, 0.2) is 49.9 Å². The maximum atomic E-state index is 13.1. The monoisotopic (exact) mass is 458 g/mol. The summed E-state index contributed by atoms with van der Waals surface area (Å²) in [4.78, 5) is 12.8. The second-order valence-corrected chi connectivity index (χ2v) is 6.53. The Morgan fingerprint density at radius 1 is 1.09 bits per heavy atom. The number of ether oxygens (including phenoxy) is 1. The number of rotatable bonds is 6. The average molecular weight is 458 g/mol. The third kappa shape index (κ3) is 5.83. The van der Waals surface area contributed by atoms with Gasteiger partial charge in [0, 0.05) is 23.5 Å². The molecule has 0 unspecified atom stereocenters. The summed E-state index contributed by atoms with van der Waals surface area (Å²) in [6.07, 6.45) is -2.29. The lowest BCUT2D eigenvalue weighted by Crippen LogP contribution is -2.35. The second-order valence-electron chi connectivity index (χ2n) is 6.53. The molecule has 0 saturated heterocycles. The van der Waals surface area contributed by atoms with E-state index in [-0.39, 0.29) is 12.7 Å². The minimum absolute atomic E-state index is 0.00851. The van der Waals surface area contributed by atoms with Crippen LogP contribution >= 0.6 is 0 Å². The van der Waals surface area contributed by atoms with Crippen molar-refractivity contribution in [1.82, 2.24) is 4.57 Å². The Bertz CT molecular complexity index is 1090. The molecule has 1 N–H and O–H groups in total. The molecule has 2 rings (SSSR count). The quantitative estimate of drug-likeness (QED) is 0.373. The first-order valence-electron chi connectivity index (χ1n) is 9.25. The van der Waals surface area contributed by atoms with Crippen LogP contribution in [0.4, 0.5) is 36.8 Å². The zero-order valence-electron chi connectivity index (χ0n) is 17.0. The summed E-state index contributed by atoms with van der Waals surface area (Å²) in [5.74, 6) is 0. The van der Waals surface area contributed by atoms with Gasteiger partial charge < -0.3 is 10.1 Å². The third-order valence-corrected chi connectivity index (χ3v) is 4.39. The maximum Gasteiger partial charge on any atom is 0.416 e. The number of aromatic nitrogens is 1. The molecule has 0 aliphatic heterocycles. The van der Waals surface area contributed by atoms with Gasteiger partial charge in [-0.25, -0.2) is 4.79 Å². The lowest BCUT2D eigenvalue weighted by atomic mass is 10.1. The number of hydrogen-bond acceptors (Lipinski definition) is 2. The molecule has 2 aromatic rings. The van der Waals surface area contributed by atoms with Gasteiger partial charge in [0.05, 0.1) is 29.3 Å². The fraction of sp³-hybridized carbons (Fsp3) is 0.227. The van der Waals surface area contributed by atoms with E-state index < -0.39 is 35.2 Å². The smallest absolute Gasteiger partial charge is 0.416 e. The predicted octanol–water partition coefficient (Wildman–Crippen LogP) is 5.08. The largest absolute Gasteiger partial charge is 0.501 e. The summed E-state index contributed by atoms with van der Waals surface area (Å²) < 4.78 is 84.7. The Hall–Kier alpha value is -3.43. The maximum absolute atomic E-state index is 13.1. The molecule has 1 amide bonds. The van der Waals surface area contributed by atoms with Gasteiger partial charge in [0.1, 0.15) is 0 Å². The van der Waals surface area contributed by atoms with Crippen LogP contribution in [0.3, 0.4) is 0 Å². The fourth-order valence-electron chi connectivity index (χ4n) is 3.02. The number of alkyl halides is 6. The van der Waals surface area contributed by atoms with Crippen molar-refractivity contribution in [2.75, 3.05) is 11.9 Å². The number of allylic oxidation sites excluding steroid dienone is 1. The standard InChI is InChI=1S/C22H20F6N2O2/c1-4-7-18-14(8-9-32-6-3)13-30(19(18)5-2)20(31)29-17-11-15(21(23,24)25)10-16(12-17)22(26,27)28/h4-7,10-13H,1,3,8-9H2,2H3,(H,29,31)/b18-7-,19-5+. The van der Waals surface area contributed by atoms with Gasteiger partial charge in [-0.2, -0.15) is 26.3 Å². The van der Waals surface area contributed by atoms with Gasteiger partial charge in [0.15, 0.2) is 0 Å². The molecule has 1 aromatic heterocycles. The molecule has 0 fully saturated rings. The summed E-state index contributed by atoms with van der Waals surface area (Å²) in [6.45, 7) is 8.93. The minimum atomic E-state index is -5.03. The first-order chi connectivity index (χ1) is 14.9. The number of nitrogens with zero attached hydrogens (tertiary/aromatic N) is 1. The SMILES string of the molecule is C=C/C=c1/c(CCOC=C)cn(C(=O)Nc2cc(C(F)(F)F)cc(C(F)(F)F)c2)/c1=C/C. The lowest BCUT2D eigenvalue weighted by molar-refractivity contribution is -0.143. The number of anilines is 1. The van der Waals surface area contributed by atoms with Gasteiger partial charge >= 0.3 is 18.4 Å². The topological polar surface area (TPSA) is 43.3 Å². The molecular formula is C22H20F6N2O2. The molecule has 32 heavy (non-hydrogen) atoms. The van der Waals surface area contributed by atoms with Crippen molar-refractivity contribution >= 4 is 23.9 Å². The molecule has 0 aliphatic carbocycles. The minimum Gasteiger partial charge on any atom is -0.501 e. The molecule has 0 radical (unpaired) electrons. The summed E-state index contributed by atoms with van der Waals surface area (Å²) in [5.41, 5.74) is -3.03. The number of halogens is 6. The molecule has 0 spiro atoms. The lowest BCUT2D eigenvalue weighted by Gasteiger charge is -2.15. The van der Waals surface area contributed by atoms with E-state index in [4.69, 9.17) is 4.74 Å². The molecule has 0 aliphatic rings. The number of nitrogens with one attached hydrogen (secondary N) is 1. The Kier molecular flexibility index (Phi) is 7.60. The van der Waals surface area contributed by atoms with Crippen LogP contribution in [0.2, 0.25) is 0 Å². The Morgan fingerprint density at radius 3 is 2.16 bits per heavy atom. The zero-order valence-corrected chi connectivity index (χ0v) is 17.0. The first kappa shape index (κ1) is 24.8. The molecule has 172 valence electrons. The van der Waals surface area contributed by atoms with Crippen molar-refractivity contribution in [1.29, 1.82) is 0 Å². The Labute approximate surface area is 179 Å². The fourth-order valence-corrected chi connectivity index (χ4v) is 3.02. The van der Waals surface area contributed by atoms with Crippen LogP contribution in [0.25, 0.3) is 12.2 Å². The van der Waals surface area contributed by atoms with E-state index in [1.54, 1.807) is 19.1 Å². The van der Waals surface area contributed by atoms with E-state index in [2.05, 4.69) is 18.5 Å². The van der Waals surface area contributed by atoms with Gasteiger partial charge in [-0.3, -0.25) is 4.57 Å². The summed E-state index contributed by atoms with van der Waals surface area (Å²) >= 11 is 0. The van der Waals surface area contributed by atoms with Crippen LogP contribution < -0.4 is 15.9 Å². The average Bonchev–Trinajstić information content (AvgIpc) is 3.04. The van der Waals surface area contributed by atoms with Crippen molar-refractivity contribution in [3.05, 3.63) is 77.2 Å². The second kappa shape index (κ2) is 9.80. The van der Waals surface area contributed by atoms with Crippen LogP contribution in [0, 0.1) is 0 Å². The third-order valence-electron chi connectivity index (χ3n) is 4.39. The Balaban J connectivity index is 2.53. The highest BCUT2D eigenvalue weighted by Gasteiger charge is 2.37. The molecular weight excluding hydrogens is 438 g/mol. The van der Waals surface area contributed by atoms with Crippen molar-refractivity contribution < 1.29 is 35.9 Å². The van der Waals surface area contributed by atoms with E-state index in [0.29, 0.717) is 34.7 Å². The molecule has 0 atom stereocenters. The van der Waals surface area contributed by atoms with Gasteiger partial charge in [0.2, 0.25) is 0 Å². The normalized spacial score (nSPS) is 13.2. The highest BCUT2D eigenvalue weighted by atomic mass is 19.4. The summed E-state index contributed by atoms with van der Waals surface area (Å²) in [6, 6.07) is -0.0469. The van der Waals surface area contributed by atoms with E-state index in [9.17, 15) is 31.1 Å². The Morgan fingerprint density at radius 2 is 1.69 bits per heavy atom. The van der Waals surface area contributed by atoms with Crippen LogP contribution in [-0.2, 0) is 23.5 Å². The molecule has 0 saturated carbocycles. The number of carbonyl (C=O) groups excluding carboxylic acids is 1. The van der Waals surface area contributed by atoms with Crippen molar-refractivity contribution in [2.24, 2.45) is 0 Å². The van der Waals surface area contributed by atoms with Gasteiger partial charge in [0.25, 0.3) is 0 Å². The number of carbonyl (C=O) groups is 1. The molecule has 0 bridgehead atoms. The summed E-state index contributed by atoms with van der Waals surface area (Å²) in [7, 11) is 0. The van der Waals surface area contributed by atoms with Crippen molar-refractivity contribution in [2.45, 2.75) is 25.7 Å². The summed E-state index contributed by atoms with van der Waals surface area (Å²) in [5, 5.41) is 3.13. The number of amides is 1. The highest BCUT2D eigenvalue weighted by molar-refractivity contribution is 5.91. The van der Waals surface area contributed by atoms with Crippen molar-refractivity contribution in [3.8, 4) is 0 Å². The van der Waals surface area contributed by atoms with Crippen LogP contribution in [-0.4, -0.2) is 17.2 Å².